The van der Waals surface area contributed by atoms with Gasteiger partial charge in [0.05, 0.1) is 16.8 Å². The maximum Gasteiger partial charge on any atom is 0.202 e. The molecule has 4 nitrogen and oxygen atoms in total. The summed E-state index contributed by atoms with van der Waals surface area (Å²) in [5.74, 6) is 0.0544. The van der Waals surface area contributed by atoms with Gasteiger partial charge in [-0.3, -0.25) is 14.4 Å². The lowest BCUT2D eigenvalue weighted by molar-refractivity contribution is 0.0642. The number of hydrogen-bond donors (Lipinski definition) is 0. The van der Waals surface area contributed by atoms with Crippen LogP contribution in [0, 0.1) is 0 Å². The third-order valence-corrected chi connectivity index (χ3v) is 4.18. The van der Waals surface area contributed by atoms with E-state index in [2.05, 4.69) is 5.10 Å². The normalized spacial score (nSPS) is 12.5. The first kappa shape index (κ1) is 16.2. The fourth-order valence-electron chi connectivity index (χ4n) is 2.57. The number of likely N-dealkylation sites (N-methyl/N-ethyl adjacent to an activating group) is 1. The van der Waals surface area contributed by atoms with Gasteiger partial charge in [0.2, 0.25) is 5.78 Å². The van der Waals surface area contributed by atoms with Gasteiger partial charge in [0.1, 0.15) is 5.69 Å². The molecule has 0 saturated heterocycles. The molecule has 1 rings (SSSR count). The van der Waals surface area contributed by atoms with Gasteiger partial charge in [-0.2, -0.15) is 5.10 Å². The van der Waals surface area contributed by atoms with Crippen molar-refractivity contribution in [1.29, 1.82) is 0 Å². The van der Waals surface area contributed by atoms with Crippen LogP contribution < -0.4 is 0 Å². The average Bonchev–Trinajstić information content (AvgIpc) is 2.72. The van der Waals surface area contributed by atoms with Gasteiger partial charge in [-0.25, -0.2) is 0 Å². The van der Waals surface area contributed by atoms with E-state index in [0.29, 0.717) is 10.7 Å². The standard InChI is InChI=1S/C14H24ClN3O/c1-7-14(8-2,17(5)6)13(19)12-11(15)9-16-18(12)10(3)4/h9-10H,7-8H2,1-6H3. The summed E-state index contributed by atoms with van der Waals surface area (Å²) in [6.45, 7) is 8.06. The molecule has 5 heteroatoms. The van der Waals surface area contributed by atoms with Crippen molar-refractivity contribution in [1.82, 2.24) is 14.7 Å². The number of carbonyl (C=O) groups excluding carboxylic acids is 1. The fraction of sp³-hybridized carbons (Fsp3) is 0.714. The van der Waals surface area contributed by atoms with Crippen LogP contribution in [0.3, 0.4) is 0 Å². The zero-order valence-corrected chi connectivity index (χ0v) is 13.5. The van der Waals surface area contributed by atoms with Crippen molar-refractivity contribution >= 4 is 17.4 Å². The summed E-state index contributed by atoms with van der Waals surface area (Å²) in [7, 11) is 3.88. The summed E-state index contributed by atoms with van der Waals surface area (Å²) in [5.41, 5.74) is 0.00474. The molecule has 0 amide bonds. The Balaban J connectivity index is 3.36. The van der Waals surface area contributed by atoms with Crippen LogP contribution in [-0.2, 0) is 0 Å². The van der Waals surface area contributed by atoms with Crippen molar-refractivity contribution < 1.29 is 4.79 Å². The Bertz CT molecular complexity index is 448. The first-order valence-corrected chi connectivity index (χ1v) is 7.14. The first-order valence-electron chi connectivity index (χ1n) is 6.77. The zero-order chi connectivity index (χ0) is 14.8. The Labute approximate surface area is 120 Å². The molecule has 0 aliphatic carbocycles. The third kappa shape index (κ3) is 2.70. The predicted molar refractivity (Wildman–Crippen MR) is 79.0 cm³/mol. The van der Waals surface area contributed by atoms with Gasteiger partial charge in [0.25, 0.3) is 0 Å². The van der Waals surface area contributed by atoms with E-state index in [-0.39, 0.29) is 11.8 Å². The molecule has 1 aromatic heterocycles. The summed E-state index contributed by atoms with van der Waals surface area (Å²) < 4.78 is 1.72. The van der Waals surface area contributed by atoms with E-state index in [1.807, 2.05) is 46.7 Å². The minimum Gasteiger partial charge on any atom is -0.297 e. The van der Waals surface area contributed by atoms with Crippen LogP contribution in [0.5, 0.6) is 0 Å². The largest absolute Gasteiger partial charge is 0.297 e. The Hall–Kier alpha value is -0.870. The van der Waals surface area contributed by atoms with Gasteiger partial charge in [0, 0.05) is 6.04 Å². The average molecular weight is 286 g/mol. The highest BCUT2D eigenvalue weighted by Gasteiger charge is 2.40. The topological polar surface area (TPSA) is 38.1 Å². The molecule has 0 bridgehead atoms. The molecule has 0 radical (unpaired) electrons. The molecule has 108 valence electrons. The predicted octanol–water partition coefficient (Wildman–Crippen LogP) is 3.42. The molecule has 0 aliphatic heterocycles. The Morgan fingerprint density at radius 3 is 2.32 bits per heavy atom. The quantitative estimate of drug-likeness (QED) is 0.752. The maximum atomic E-state index is 13.0. The smallest absolute Gasteiger partial charge is 0.202 e. The lowest BCUT2D eigenvalue weighted by Gasteiger charge is -2.37. The minimum atomic E-state index is -0.518. The van der Waals surface area contributed by atoms with E-state index >= 15 is 0 Å². The highest BCUT2D eigenvalue weighted by atomic mass is 35.5. The van der Waals surface area contributed by atoms with Gasteiger partial charge in [-0.05, 0) is 40.8 Å². The molecule has 0 aromatic carbocycles. The molecule has 0 N–H and O–H groups in total. The summed E-state index contributed by atoms with van der Waals surface area (Å²) in [5, 5.41) is 4.66. The van der Waals surface area contributed by atoms with Crippen molar-refractivity contribution in [2.24, 2.45) is 0 Å². The van der Waals surface area contributed by atoms with Crippen molar-refractivity contribution in [3.8, 4) is 0 Å². The van der Waals surface area contributed by atoms with E-state index in [1.165, 1.54) is 0 Å². The molecule has 0 saturated carbocycles. The van der Waals surface area contributed by atoms with Gasteiger partial charge in [0.15, 0.2) is 0 Å². The molecule has 0 fully saturated rings. The van der Waals surface area contributed by atoms with Crippen molar-refractivity contribution in [2.75, 3.05) is 14.1 Å². The van der Waals surface area contributed by atoms with Crippen LogP contribution in [0.1, 0.15) is 57.1 Å². The van der Waals surface area contributed by atoms with Crippen LogP contribution in [0.2, 0.25) is 5.02 Å². The van der Waals surface area contributed by atoms with E-state index in [4.69, 9.17) is 11.6 Å². The van der Waals surface area contributed by atoms with E-state index in [0.717, 1.165) is 12.8 Å². The SMILES string of the molecule is CCC(CC)(C(=O)c1c(Cl)cnn1C(C)C)N(C)C. The van der Waals surface area contributed by atoms with Crippen LogP contribution in [0.4, 0.5) is 0 Å². The number of halogens is 1. The summed E-state index contributed by atoms with van der Waals surface area (Å²) in [6.07, 6.45) is 3.05. The van der Waals surface area contributed by atoms with Crippen LogP contribution in [0.15, 0.2) is 6.20 Å². The highest BCUT2D eigenvalue weighted by Crippen LogP contribution is 2.30. The number of Topliss-reactive ketones (excluding diaryl/α,β-unsaturated/α-hetero) is 1. The molecule has 0 spiro atoms. The lowest BCUT2D eigenvalue weighted by Crippen LogP contribution is -2.51. The number of carbonyl (C=O) groups is 1. The molecular weight excluding hydrogens is 262 g/mol. The van der Waals surface area contributed by atoms with Crippen molar-refractivity contribution in [3.05, 3.63) is 16.9 Å². The lowest BCUT2D eigenvalue weighted by atomic mass is 9.85. The van der Waals surface area contributed by atoms with Gasteiger partial charge < -0.3 is 0 Å². The summed E-state index contributed by atoms with van der Waals surface area (Å²) in [4.78, 5) is 15.0. The number of nitrogens with zero attached hydrogens (tertiary/aromatic N) is 3. The highest BCUT2D eigenvalue weighted by molar-refractivity contribution is 6.34. The molecule has 0 atom stereocenters. The fourth-order valence-corrected chi connectivity index (χ4v) is 2.79. The minimum absolute atomic E-state index is 0.0544. The summed E-state index contributed by atoms with van der Waals surface area (Å²) >= 11 is 6.19. The van der Waals surface area contributed by atoms with Crippen molar-refractivity contribution in [3.63, 3.8) is 0 Å². The number of rotatable bonds is 6. The van der Waals surface area contributed by atoms with E-state index < -0.39 is 5.54 Å². The monoisotopic (exact) mass is 285 g/mol. The molecule has 1 aromatic rings. The molecule has 1 heterocycles. The Morgan fingerprint density at radius 2 is 1.95 bits per heavy atom. The molecule has 0 unspecified atom stereocenters. The number of ketones is 1. The Morgan fingerprint density at radius 1 is 1.42 bits per heavy atom. The maximum absolute atomic E-state index is 13.0. The van der Waals surface area contributed by atoms with Gasteiger partial charge in [-0.1, -0.05) is 25.4 Å². The van der Waals surface area contributed by atoms with Gasteiger partial charge in [-0.15, -0.1) is 0 Å². The molecular formula is C14H24ClN3O. The van der Waals surface area contributed by atoms with E-state index in [1.54, 1.807) is 10.9 Å². The number of aromatic nitrogens is 2. The second-order valence-electron chi connectivity index (χ2n) is 5.34. The van der Waals surface area contributed by atoms with E-state index in [9.17, 15) is 4.79 Å². The van der Waals surface area contributed by atoms with Crippen LogP contribution in [-0.4, -0.2) is 40.1 Å². The second kappa shape index (κ2) is 6.06. The first-order chi connectivity index (χ1) is 8.81. The number of hydrogen-bond acceptors (Lipinski definition) is 3. The van der Waals surface area contributed by atoms with Crippen molar-refractivity contribution in [2.45, 2.75) is 52.1 Å². The van der Waals surface area contributed by atoms with Gasteiger partial charge >= 0.3 is 0 Å². The molecule has 0 aliphatic rings. The van der Waals surface area contributed by atoms with Crippen LogP contribution in [0.25, 0.3) is 0 Å². The second-order valence-corrected chi connectivity index (χ2v) is 5.75. The zero-order valence-electron chi connectivity index (χ0n) is 12.7. The molecule has 19 heavy (non-hydrogen) atoms. The third-order valence-electron chi connectivity index (χ3n) is 3.90. The summed E-state index contributed by atoms with van der Waals surface area (Å²) in [6, 6.07) is 0.111. The van der Waals surface area contributed by atoms with Crippen LogP contribution >= 0.6 is 11.6 Å². The Kier molecular flexibility index (Phi) is 5.16.